The number of fused-ring (bicyclic) bond motifs is 1. The third kappa shape index (κ3) is 1.60. The molecule has 4 heteroatoms. The van der Waals surface area contributed by atoms with Crippen LogP contribution in [0.5, 0.6) is 0 Å². The minimum Gasteiger partial charge on any atom is -0.358 e. The first-order valence-electron chi connectivity index (χ1n) is 6.23. The number of hydrogen-bond donors (Lipinski definition) is 1. The molecule has 0 radical (unpaired) electrons. The molecule has 0 aromatic carbocycles. The van der Waals surface area contributed by atoms with Gasteiger partial charge in [-0.15, -0.1) is 0 Å². The van der Waals surface area contributed by atoms with Gasteiger partial charge in [0, 0.05) is 19.6 Å². The molecule has 17 heavy (non-hydrogen) atoms. The molecule has 1 aliphatic heterocycles. The Bertz CT molecular complexity index is 538. The zero-order chi connectivity index (χ0) is 11.8. The van der Waals surface area contributed by atoms with Crippen molar-refractivity contribution >= 4 is 11.3 Å². The van der Waals surface area contributed by atoms with Crippen molar-refractivity contribution in [1.82, 2.24) is 9.38 Å². The van der Waals surface area contributed by atoms with Crippen molar-refractivity contribution in [3.05, 3.63) is 29.7 Å². The molecule has 0 saturated carbocycles. The van der Waals surface area contributed by atoms with E-state index in [1.54, 1.807) is 0 Å². The Hall–Kier alpha value is -1.55. The monoisotopic (exact) mass is 230 g/mol. The quantitative estimate of drug-likeness (QED) is 0.854. The van der Waals surface area contributed by atoms with Gasteiger partial charge in [0.2, 0.25) is 0 Å². The number of pyridine rings is 1. The lowest BCUT2D eigenvalue weighted by Crippen LogP contribution is -2.20. The van der Waals surface area contributed by atoms with Crippen molar-refractivity contribution in [3.63, 3.8) is 0 Å². The summed E-state index contributed by atoms with van der Waals surface area (Å²) in [6, 6.07) is 6.37. The van der Waals surface area contributed by atoms with Crippen LogP contribution in [0.2, 0.25) is 0 Å². The number of aromatic nitrogens is 2. The summed E-state index contributed by atoms with van der Waals surface area (Å²) in [6.07, 6.45) is 2.57. The van der Waals surface area contributed by atoms with Gasteiger partial charge in [0.05, 0.1) is 11.2 Å². The summed E-state index contributed by atoms with van der Waals surface area (Å²) in [4.78, 5) is 6.98. The van der Waals surface area contributed by atoms with Gasteiger partial charge in [-0.1, -0.05) is 6.07 Å². The molecular weight excluding hydrogens is 212 g/mol. The molecule has 1 fully saturated rings. The van der Waals surface area contributed by atoms with Crippen LogP contribution >= 0.6 is 0 Å². The fourth-order valence-electron chi connectivity index (χ4n) is 2.71. The van der Waals surface area contributed by atoms with Crippen molar-refractivity contribution in [2.24, 2.45) is 5.73 Å². The van der Waals surface area contributed by atoms with Crippen LogP contribution in [0, 0.1) is 6.92 Å². The number of imidazole rings is 1. The van der Waals surface area contributed by atoms with Gasteiger partial charge >= 0.3 is 0 Å². The van der Waals surface area contributed by atoms with E-state index in [1.165, 1.54) is 18.7 Å². The van der Waals surface area contributed by atoms with Gasteiger partial charge < -0.3 is 10.6 Å². The lowest BCUT2D eigenvalue weighted by Gasteiger charge is -2.19. The van der Waals surface area contributed by atoms with Gasteiger partial charge in [0.1, 0.15) is 11.6 Å². The molecule has 1 aliphatic rings. The van der Waals surface area contributed by atoms with Crippen molar-refractivity contribution in [1.29, 1.82) is 0 Å². The minimum atomic E-state index is 0.501. The van der Waals surface area contributed by atoms with Gasteiger partial charge in [-0.3, -0.25) is 4.40 Å². The third-order valence-electron chi connectivity index (χ3n) is 3.51. The maximum atomic E-state index is 5.74. The number of anilines is 1. The molecule has 0 spiro atoms. The standard InChI is InChI=1S/C13H18N4/c1-10-15-11(9-14)12-5-4-6-13(17(10)12)16-7-2-3-8-16/h4-6H,2-3,7-9,14H2,1H3. The Balaban J connectivity index is 2.21. The predicted molar refractivity (Wildman–Crippen MR) is 69.3 cm³/mol. The number of nitrogens with two attached hydrogens (primary N) is 1. The predicted octanol–water partition coefficient (Wildman–Crippen LogP) is 1.70. The average molecular weight is 230 g/mol. The molecule has 90 valence electrons. The lowest BCUT2D eigenvalue weighted by atomic mass is 10.3. The molecule has 1 saturated heterocycles. The third-order valence-corrected chi connectivity index (χ3v) is 3.51. The Labute approximate surface area is 101 Å². The molecule has 0 amide bonds. The van der Waals surface area contributed by atoms with Gasteiger partial charge in [0.25, 0.3) is 0 Å². The second-order valence-corrected chi connectivity index (χ2v) is 4.61. The first-order valence-corrected chi connectivity index (χ1v) is 6.23. The van der Waals surface area contributed by atoms with Crippen LogP contribution in [-0.4, -0.2) is 22.5 Å². The Kier molecular flexibility index (Phi) is 2.52. The summed E-state index contributed by atoms with van der Waals surface area (Å²) in [6.45, 7) is 4.84. The molecular formula is C13H18N4. The van der Waals surface area contributed by atoms with Crippen molar-refractivity contribution in [2.45, 2.75) is 26.3 Å². The van der Waals surface area contributed by atoms with E-state index in [2.05, 4.69) is 32.5 Å². The van der Waals surface area contributed by atoms with E-state index in [9.17, 15) is 0 Å². The van der Waals surface area contributed by atoms with E-state index < -0.39 is 0 Å². The van der Waals surface area contributed by atoms with Gasteiger partial charge in [0.15, 0.2) is 0 Å². The maximum absolute atomic E-state index is 5.74. The maximum Gasteiger partial charge on any atom is 0.114 e. The number of hydrogen-bond acceptors (Lipinski definition) is 3. The average Bonchev–Trinajstić information content (AvgIpc) is 2.97. The normalized spacial score (nSPS) is 16.0. The Morgan fingerprint density at radius 3 is 2.76 bits per heavy atom. The van der Waals surface area contributed by atoms with Crippen LogP contribution in [-0.2, 0) is 6.54 Å². The van der Waals surface area contributed by atoms with E-state index in [1.807, 2.05) is 6.92 Å². The highest BCUT2D eigenvalue weighted by molar-refractivity contribution is 5.60. The fourth-order valence-corrected chi connectivity index (χ4v) is 2.71. The van der Waals surface area contributed by atoms with Crippen LogP contribution in [0.25, 0.3) is 5.52 Å². The Morgan fingerprint density at radius 1 is 1.29 bits per heavy atom. The van der Waals surface area contributed by atoms with Crippen LogP contribution < -0.4 is 10.6 Å². The summed E-state index contributed by atoms with van der Waals surface area (Å²) in [5, 5.41) is 0. The van der Waals surface area contributed by atoms with E-state index in [0.29, 0.717) is 6.54 Å². The van der Waals surface area contributed by atoms with Gasteiger partial charge in [-0.05, 0) is 31.9 Å². The largest absolute Gasteiger partial charge is 0.358 e. The van der Waals surface area contributed by atoms with Crippen molar-refractivity contribution in [2.75, 3.05) is 18.0 Å². The molecule has 3 rings (SSSR count). The molecule has 2 N–H and O–H groups in total. The Morgan fingerprint density at radius 2 is 2.06 bits per heavy atom. The number of nitrogens with zero attached hydrogens (tertiary/aromatic N) is 3. The fraction of sp³-hybridized carbons (Fsp3) is 0.462. The van der Waals surface area contributed by atoms with E-state index in [0.717, 1.165) is 30.1 Å². The molecule has 3 heterocycles. The second kappa shape index (κ2) is 4.04. The number of rotatable bonds is 2. The smallest absolute Gasteiger partial charge is 0.114 e. The minimum absolute atomic E-state index is 0.501. The second-order valence-electron chi connectivity index (χ2n) is 4.61. The molecule has 0 bridgehead atoms. The highest BCUT2D eigenvalue weighted by Gasteiger charge is 2.17. The molecule has 0 aliphatic carbocycles. The SMILES string of the molecule is Cc1nc(CN)c2cccc(N3CCCC3)n12. The summed E-state index contributed by atoms with van der Waals surface area (Å²) >= 11 is 0. The summed E-state index contributed by atoms with van der Waals surface area (Å²) < 4.78 is 2.23. The topological polar surface area (TPSA) is 46.6 Å². The highest BCUT2D eigenvalue weighted by Crippen LogP contribution is 2.24. The van der Waals surface area contributed by atoms with Crippen molar-refractivity contribution in [3.8, 4) is 0 Å². The van der Waals surface area contributed by atoms with Gasteiger partial charge in [-0.25, -0.2) is 4.98 Å². The van der Waals surface area contributed by atoms with E-state index >= 15 is 0 Å². The number of aryl methyl sites for hydroxylation is 1. The summed E-state index contributed by atoms with van der Waals surface area (Å²) in [5.74, 6) is 2.28. The van der Waals surface area contributed by atoms with Crippen LogP contribution in [0.4, 0.5) is 5.82 Å². The molecule has 2 aromatic heterocycles. The van der Waals surface area contributed by atoms with Crippen LogP contribution in [0.15, 0.2) is 18.2 Å². The van der Waals surface area contributed by atoms with Gasteiger partial charge in [-0.2, -0.15) is 0 Å². The summed E-state index contributed by atoms with van der Waals surface area (Å²) in [5.41, 5.74) is 7.88. The van der Waals surface area contributed by atoms with Crippen LogP contribution in [0.3, 0.4) is 0 Å². The van der Waals surface area contributed by atoms with Crippen molar-refractivity contribution < 1.29 is 0 Å². The molecule has 4 nitrogen and oxygen atoms in total. The highest BCUT2D eigenvalue weighted by atomic mass is 15.2. The molecule has 0 unspecified atom stereocenters. The van der Waals surface area contributed by atoms with E-state index in [4.69, 9.17) is 5.73 Å². The first kappa shape index (κ1) is 10.6. The summed E-state index contributed by atoms with van der Waals surface area (Å²) in [7, 11) is 0. The molecule has 0 atom stereocenters. The van der Waals surface area contributed by atoms with Crippen LogP contribution in [0.1, 0.15) is 24.4 Å². The zero-order valence-corrected chi connectivity index (χ0v) is 10.2. The molecule has 2 aromatic rings. The zero-order valence-electron chi connectivity index (χ0n) is 10.2. The lowest BCUT2D eigenvalue weighted by molar-refractivity contribution is 0.898. The van der Waals surface area contributed by atoms with E-state index in [-0.39, 0.29) is 0 Å². The first-order chi connectivity index (χ1) is 8.31.